The van der Waals surface area contributed by atoms with E-state index in [4.69, 9.17) is 0 Å². The first-order valence-electron chi connectivity index (χ1n) is 26.0. The highest BCUT2D eigenvalue weighted by molar-refractivity contribution is 6.01. The lowest BCUT2D eigenvalue weighted by atomic mass is 9.96. The van der Waals surface area contributed by atoms with Crippen molar-refractivity contribution in [1.29, 1.82) is 0 Å². The van der Waals surface area contributed by atoms with E-state index in [-0.39, 0.29) is 0 Å². The Morgan fingerprint density at radius 2 is 0.316 bits per heavy atom. The van der Waals surface area contributed by atoms with Crippen molar-refractivity contribution in [3.63, 3.8) is 0 Å². The minimum Gasteiger partial charge on any atom is -0.311 e. The molecule has 0 bridgehead atoms. The van der Waals surface area contributed by atoms with Crippen LogP contribution in [0.5, 0.6) is 0 Å². The molecule has 0 atom stereocenters. The average Bonchev–Trinajstić information content (AvgIpc) is 3.51. The summed E-state index contributed by atoms with van der Waals surface area (Å²) in [5, 5.41) is 4.88. The van der Waals surface area contributed by atoms with Gasteiger partial charge >= 0.3 is 0 Å². The maximum atomic E-state index is 2.34. The molecule has 0 spiro atoms. The zero-order valence-corrected chi connectivity index (χ0v) is 41.9. The lowest BCUT2D eigenvalue weighted by Gasteiger charge is -2.26. The molecule has 0 amide bonds. The zero-order valence-electron chi connectivity index (χ0n) is 41.9. The van der Waals surface area contributed by atoms with Gasteiger partial charge in [-0.3, -0.25) is 0 Å². The first-order chi connectivity index (χ1) is 37.6. The van der Waals surface area contributed by atoms with Crippen LogP contribution in [0.2, 0.25) is 0 Å². The van der Waals surface area contributed by atoms with E-state index in [9.17, 15) is 0 Å². The number of nitrogens with zero attached hydrogens (tertiary/aromatic N) is 2. The number of rotatable bonds is 12. The van der Waals surface area contributed by atoms with Gasteiger partial charge in [-0.25, -0.2) is 0 Å². The minimum atomic E-state index is 1.10. The first-order valence-corrected chi connectivity index (χ1v) is 26.0. The van der Waals surface area contributed by atoms with E-state index < -0.39 is 0 Å². The maximum Gasteiger partial charge on any atom is 0.0462 e. The van der Waals surface area contributed by atoms with E-state index in [1.165, 1.54) is 88.3 Å². The van der Waals surface area contributed by atoms with Gasteiger partial charge in [0.2, 0.25) is 0 Å². The van der Waals surface area contributed by atoms with Crippen molar-refractivity contribution in [2.45, 2.75) is 0 Å². The number of benzene rings is 13. The summed E-state index contributed by atoms with van der Waals surface area (Å²) in [5.74, 6) is 0. The van der Waals surface area contributed by atoms with E-state index in [0.29, 0.717) is 0 Å². The van der Waals surface area contributed by atoms with Crippen molar-refractivity contribution in [3.8, 4) is 66.8 Å². The van der Waals surface area contributed by atoms with Gasteiger partial charge in [0.1, 0.15) is 0 Å². The SMILES string of the molecule is c1ccc(-c2ccc(N(c3ccc(-c4ccccc4)cc3)c3ccc(-c4ccc5cc6cc(-c7ccc(N(c8ccc(-c9ccccc9)cc8)c8ccc(-c9ccccc9)cc8)cc7)ccc6cc5c4)cc3)cc2)cc1. The van der Waals surface area contributed by atoms with Crippen LogP contribution < -0.4 is 9.80 Å². The largest absolute Gasteiger partial charge is 0.311 e. The summed E-state index contributed by atoms with van der Waals surface area (Å²) in [7, 11) is 0. The molecule has 13 aromatic rings. The molecule has 13 rings (SSSR count). The molecule has 0 saturated carbocycles. The Morgan fingerprint density at radius 1 is 0.132 bits per heavy atom. The second-order valence-electron chi connectivity index (χ2n) is 19.4. The monoisotopic (exact) mass is 968 g/mol. The van der Waals surface area contributed by atoms with Gasteiger partial charge in [-0.05, 0) is 185 Å². The van der Waals surface area contributed by atoms with Gasteiger partial charge in [0, 0.05) is 34.1 Å². The number of hydrogen-bond donors (Lipinski definition) is 0. The molecule has 0 N–H and O–H groups in total. The topological polar surface area (TPSA) is 6.48 Å². The molecule has 0 saturated heterocycles. The van der Waals surface area contributed by atoms with Crippen molar-refractivity contribution in [2.24, 2.45) is 0 Å². The summed E-state index contributed by atoms with van der Waals surface area (Å²) in [6, 6.07) is 114. The second-order valence-corrected chi connectivity index (χ2v) is 19.4. The van der Waals surface area contributed by atoms with Gasteiger partial charge in [0.25, 0.3) is 0 Å². The number of fused-ring (bicyclic) bond motifs is 2. The summed E-state index contributed by atoms with van der Waals surface area (Å²) in [4.78, 5) is 4.69. The predicted molar refractivity (Wildman–Crippen MR) is 323 cm³/mol. The molecule has 0 unspecified atom stereocenters. The zero-order chi connectivity index (χ0) is 50.6. The van der Waals surface area contributed by atoms with Crippen molar-refractivity contribution >= 4 is 55.7 Å². The standard InChI is InChI=1S/C74H52N2/c1-5-13-53(14-6-1)57-25-37-69(38-26-57)75(70-39-27-58(28-40-70)54-15-7-2-8-16-54)73-45-33-61(34-46-73)63-21-23-65-52-68-50-64(22-24-66(68)51-67(65)49-63)62-35-47-74(48-36-62)76(71-41-29-59(30-42-71)55-17-9-3-10-18-55)72-43-31-60(32-44-72)56-19-11-4-12-20-56/h1-52H. The van der Waals surface area contributed by atoms with E-state index in [1.54, 1.807) is 0 Å². The van der Waals surface area contributed by atoms with Gasteiger partial charge in [-0.2, -0.15) is 0 Å². The van der Waals surface area contributed by atoms with Crippen LogP contribution in [-0.4, -0.2) is 0 Å². The Bertz CT molecular complexity index is 3630. The van der Waals surface area contributed by atoms with Crippen molar-refractivity contribution in [3.05, 3.63) is 315 Å². The van der Waals surface area contributed by atoms with Crippen LogP contribution in [0.25, 0.3) is 88.3 Å². The molecule has 0 aromatic heterocycles. The summed E-state index contributed by atoms with van der Waals surface area (Å²) in [5.41, 5.74) is 20.9. The molecule has 0 heterocycles. The summed E-state index contributed by atoms with van der Waals surface area (Å²) in [6.07, 6.45) is 0. The molecular formula is C74H52N2. The Hall–Kier alpha value is -10.0. The number of hydrogen-bond acceptors (Lipinski definition) is 2. The average molecular weight is 969 g/mol. The summed E-state index contributed by atoms with van der Waals surface area (Å²) < 4.78 is 0. The lowest BCUT2D eigenvalue weighted by molar-refractivity contribution is 1.28. The Labute approximate surface area is 445 Å². The Kier molecular flexibility index (Phi) is 12.3. The first kappa shape index (κ1) is 45.8. The van der Waals surface area contributed by atoms with Crippen LogP contribution in [0, 0.1) is 0 Å². The van der Waals surface area contributed by atoms with Crippen molar-refractivity contribution in [1.82, 2.24) is 0 Å². The molecule has 0 radical (unpaired) electrons. The molecule has 0 fully saturated rings. The molecule has 0 aliphatic carbocycles. The van der Waals surface area contributed by atoms with Gasteiger partial charge in [0.15, 0.2) is 0 Å². The van der Waals surface area contributed by atoms with E-state index in [0.717, 1.165) is 34.1 Å². The second kappa shape index (κ2) is 20.5. The molecule has 2 heteroatoms. The lowest BCUT2D eigenvalue weighted by Crippen LogP contribution is -2.09. The quantitative estimate of drug-likeness (QED) is 0.113. The minimum absolute atomic E-state index is 1.10. The Morgan fingerprint density at radius 3 is 0.539 bits per heavy atom. The Balaban J connectivity index is 0.770. The van der Waals surface area contributed by atoms with E-state index in [2.05, 4.69) is 325 Å². The van der Waals surface area contributed by atoms with Crippen molar-refractivity contribution in [2.75, 3.05) is 9.80 Å². The fourth-order valence-electron chi connectivity index (χ4n) is 10.6. The van der Waals surface area contributed by atoms with Gasteiger partial charge in [-0.15, -0.1) is 0 Å². The van der Waals surface area contributed by atoms with E-state index in [1.807, 2.05) is 0 Å². The molecule has 76 heavy (non-hydrogen) atoms. The van der Waals surface area contributed by atoms with Gasteiger partial charge in [0.05, 0.1) is 0 Å². The third kappa shape index (κ3) is 9.44. The van der Waals surface area contributed by atoms with E-state index >= 15 is 0 Å². The molecule has 0 aliphatic heterocycles. The number of anilines is 6. The molecule has 0 aliphatic rings. The normalized spacial score (nSPS) is 11.2. The van der Waals surface area contributed by atoms with Crippen LogP contribution in [0.1, 0.15) is 0 Å². The summed E-state index contributed by atoms with van der Waals surface area (Å²) in [6.45, 7) is 0. The van der Waals surface area contributed by atoms with Crippen molar-refractivity contribution < 1.29 is 0 Å². The highest BCUT2D eigenvalue weighted by Crippen LogP contribution is 2.41. The van der Waals surface area contributed by atoms with Crippen LogP contribution in [-0.2, 0) is 0 Å². The van der Waals surface area contributed by atoms with Gasteiger partial charge < -0.3 is 9.80 Å². The van der Waals surface area contributed by atoms with Crippen LogP contribution in [0.15, 0.2) is 315 Å². The van der Waals surface area contributed by atoms with Crippen LogP contribution in [0.4, 0.5) is 34.1 Å². The predicted octanol–water partition coefficient (Wildman–Crippen LogP) is 20.9. The summed E-state index contributed by atoms with van der Waals surface area (Å²) >= 11 is 0. The third-order valence-electron chi connectivity index (χ3n) is 14.6. The van der Waals surface area contributed by atoms with Crippen LogP contribution in [0.3, 0.4) is 0 Å². The highest BCUT2D eigenvalue weighted by Gasteiger charge is 2.17. The van der Waals surface area contributed by atoms with Crippen LogP contribution >= 0.6 is 0 Å². The smallest absolute Gasteiger partial charge is 0.0462 e. The maximum absolute atomic E-state index is 2.34. The fraction of sp³-hybridized carbons (Fsp3) is 0. The molecule has 13 aromatic carbocycles. The third-order valence-corrected chi connectivity index (χ3v) is 14.6. The van der Waals surface area contributed by atoms with Gasteiger partial charge in [-0.1, -0.05) is 218 Å². The molecular weight excluding hydrogens is 917 g/mol. The fourth-order valence-corrected chi connectivity index (χ4v) is 10.6. The molecule has 2 nitrogen and oxygen atoms in total. The molecule has 358 valence electrons. The highest BCUT2D eigenvalue weighted by atomic mass is 15.1.